The first-order valence-electron chi connectivity index (χ1n) is 6.97. The van der Waals surface area contributed by atoms with Crippen molar-refractivity contribution in [3.63, 3.8) is 0 Å². The van der Waals surface area contributed by atoms with E-state index >= 15 is 0 Å². The third-order valence-electron chi connectivity index (χ3n) is 3.77. The van der Waals surface area contributed by atoms with Crippen molar-refractivity contribution in [1.29, 1.82) is 0 Å². The van der Waals surface area contributed by atoms with Gasteiger partial charge in [-0.2, -0.15) is 0 Å². The fraction of sp³-hybridized carbons (Fsp3) is 0.500. The van der Waals surface area contributed by atoms with Crippen LogP contribution < -0.4 is 0 Å². The number of imidazole rings is 1. The van der Waals surface area contributed by atoms with Gasteiger partial charge in [-0.1, -0.05) is 0 Å². The van der Waals surface area contributed by atoms with E-state index in [1.165, 1.54) is 18.4 Å². The topological polar surface area (TPSA) is 63.9 Å². The van der Waals surface area contributed by atoms with E-state index in [2.05, 4.69) is 4.98 Å². The number of piperidine rings is 1. The number of hydrogen-bond donors (Lipinski definition) is 0. The van der Waals surface area contributed by atoms with E-state index in [1.807, 2.05) is 22.2 Å². The van der Waals surface area contributed by atoms with Crippen molar-refractivity contribution in [2.45, 2.75) is 31.7 Å². The van der Waals surface area contributed by atoms with Crippen LogP contribution in [0.3, 0.4) is 0 Å². The maximum atomic E-state index is 12.5. The van der Waals surface area contributed by atoms with Gasteiger partial charge in [0.25, 0.3) is 0 Å². The number of fused-ring (bicyclic) bond motifs is 1. The number of carbonyl (C=O) groups is 2. The maximum absolute atomic E-state index is 12.5. The van der Waals surface area contributed by atoms with Crippen molar-refractivity contribution < 1.29 is 14.3 Å². The highest BCUT2D eigenvalue weighted by Gasteiger charge is 2.32. The first kappa shape index (κ1) is 14.1. The van der Waals surface area contributed by atoms with Crippen LogP contribution in [0.2, 0.25) is 0 Å². The summed E-state index contributed by atoms with van der Waals surface area (Å²) in [5, 5.41) is 1.95. The van der Waals surface area contributed by atoms with Crippen LogP contribution in [-0.2, 0) is 20.7 Å². The first-order valence-corrected chi connectivity index (χ1v) is 7.85. The summed E-state index contributed by atoms with van der Waals surface area (Å²) >= 11 is 1.53. The second-order valence-electron chi connectivity index (χ2n) is 5.12. The second-order valence-corrected chi connectivity index (χ2v) is 6.00. The summed E-state index contributed by atoms with van der Waals surface area (Å²) in [5.41, 5.74) is 0.737. The van der Waals surface area contributed by atoms with Gasteiger partial charge in [0, 0.05) is 24.3 Å². The smallest absolute Gasteiger partial charge is 0.328 e. The molecule has 0 unspecified atom stereocenters. The molecule has 7 heteroatoms. The number of rotatable bonds is 3. The van der Waals surface area contributed by atoms with Crippen molar-refractivity contribution >= 4 is 28.2 Å². The van der Waals surface area contributed by atoms with E-state index in [9.17, 15) is 9.59 Å². The van der Waals surface area contributed by atoms with E-state index in [1.54, 1.807) is 4.90 Å². The molecule has 21 heavy (non-hydrogen) atoms. The van der Waals surface area contributed by atoms with E-state index in [0.29, 0.717) is 13.0 Å². The monoisotopic (exact) mass is 307 g/mol. The summed E-state index contributed by atoms with van der Waals surface area (Å²) in [5.74, 6) is -0.385. The Bertz CT molecular complexity index is 635. The molecule has 0 aliphatic carbocycles. The molecule has 1 amide bonds. The predicted octanol–water partition coefficient (Wildman–Crippen LogP) is 1.49. The van der Waals surface area contributed by atoms with Crippen LogP contribution in [0.5, 0.6) is 0 Å². The second kappa shape index (κ2) is 5.85. The van der Waals surface area contributed by atoms with Crippen LogP contribution >= 0.6 is 11.3 Å². The van der Waals surface area contributed by atoms with Crippen molar-refractivity contribution in [2.24, 2.45) is 0 Å². The van der Waals surface area contributed by atoms with Gasteiger partial charge < -0.3 is 9.64 Å². The van der Waals surface area contributed by atoms with Crippen molar-refractivity contribution in [1.82, 2.24) is 14.3 Å². The van der Waals surface area contributed by atoms with Crippen LogP contribution in [0.1, 0.15) is 25.0 Å². The van der Waals surface area contributed by atoms with E-state index in [4.69, 9.17) is 4.74 Å². The summed E-state index contributed by atoms with van der Waals surface area (Å²) in [7, 11) is 1.36. The van der Waals surface area contributed by atoms with Crippen LogP contribution in [-0.4, -0.2) is 45.9 Å². The Labute approximate surface area is 126 Å². The lowest BCUT2D eigenvalue weighted by atomic mass is 10.0. The van der Waals surface area contributed by atoms with Crippen molar-refractivity contribution in [3.8, 4) is 0 Å². The summed E-state index contributed by atoms with van der Waals surface area (Å²) in [4.78, 5) is 31.2. The third-order valence-corrected chi connectivity index (χ3v) is 4.54. The number of amides is 1. The van der Waals surface area contributed by atoms with E-state index in [0.717, 1.165) is 23.5 Å². The van der Waals surface area contributed by atoms with Crippen LogP contribution in [0.15, 0.2) is 17.8 Å². The Balaban J connectivity index is 1.73. The van der Waals surface area contributed by atoms with Crippen molar-refractivity contribution in [3.05, 3.63) is 23.5 Å². The highest BCUT2D eigenvalue weighted by molar-refractivity contribution is 7.15. The molecule has 2 aromatic heterocycles. The molecule has 1 fully saturated rings. The molecule has 6 nitrogen and oxygen atoms in total. The van der Waals surface area contributed by atoms with E-state index in [-0.39, 0.29) is 18.3 Å². The Morgan fingerprint density at radius 1 is 1.48 bits per heavy atom. The molecule has 2 aromatic rings. The summed E-state index contributed by atoms with van der Waals surface area (Å²) in [6.07, 6.45) is 6.56. The summed E-state index contributed by atoms with van der Waals surface area (Å²) < 4.78 is 6.71. The number of hydrogen-bond acceptors (Lipinski definition) is 5. The zero-order valence-corrected chi connectivity index (χ0v) is 12.6. The predicted molar refractivity (Wildman–Crippen MR) is 78.1 cm³/mol. The summed E-state index contributed by atoms with van der Waals surface area (Å²) in [6.45, 7) is 0.612. The standard InChI is InChI=1S/C14H17N3O3S/c1-20-13(19)11-4-2-3-5-17(11)12(18)8-10-9-16-6-7-21-14(16)15-10/h6-7,9,11H,2-5,8H2,1H3/t11-/m1/s1. The largest absolute Gasteiger partial charge is 0.467 e. The number of carbonyl (C=O) groups excluding carboxylic acids is 2. The molecule has 1 saturated heterocycles. The molecule has 0 radical (unpaired) electrons. The average Bonchev–Trinajstić information content (AvgIpc) is 3.07. The number of thiazole rings is 1. The SMILES string of the molecule is COC(=O)[C@H]1CCCCN1C(=O)Cc1cn2ccsc2n1. The summed E-state index contributed by atoms with van der Waals surface area (Å²) in [6, 6.07) is -0.444. The van der Waals surface area contributed by atoms with Gasteiger partial charge in [0.1, 0.15) is 6.04 Å². The molecule has 1 aliphatic heterocycles. The zero-order valence-electron chi connectivity index (χ0n) is 11.8. The number of methoxy groups -OCH3 is 1. The lowest BCUT2D eigenvalue weighted by Crippen LogP contribution is -2.49. The zero-order chi connectivity index (χ0) is 14.8. The normalized spacial score (nSPS) is 18.9. The van der Waals surface area contributed by atoms with E-state index < -0.39 is 6.04 Å². The molecule has 0 aromatic carbocycles. The first-order chi connectivity index (χ1) is 10.2. The molecule has 0 N–H and O–H groups in total. The lowest BCUT2D eigenvalue weighted by Gasteiger charge is -2.33. The van der Waals surface area contributed by atoms with Crippen molar-refractivity contribution in [2.75, 3.05) is 13.7 Å². The molecule has 0 spiro atoms. The van der Waals surface area contributed by atoms with Crippen LogP contribution in [0.4, 0.5) is 0 Å². The molecule has 3 rings (SSSR count). The number of nitrogens with zero attached hydrogens (tertiary/aromatic N) is 3. The molecule has 0 bridgehead atoms. The van der Waals surface area contributed by atoms with Gasteiger partial charge in [-0.25, -0.2) is 9.78 Å². The Kier molecular flexibility index (Phi) is 3.92. The highest BCUT2D eigenvalue weighted by atomic mass is 32.1. The van der Waals surface area contributed by atoms with Gasteiger partial charge in [-0.15, -0.1) is 11.3 Å². The van der Waals surface area contributed by atoms with Gasteiger partial charge >= 0.3 is 5.97 Å². The molecule has 1 atom stereocenters. The number of aromatic nitrogens is 2. The molecule has 0 saturated carbocycles. The minimum atomic E-state index is -0.444. The third kappa shape index (κ3) is 2.78. The minimum Gasteiger partial charge on any atom is -0.467 e. The molecular weight excluding hydrogens is 290 g/mol. The Morgan fingerprint density at radius 2 is 2.33 bits per heavy atom. The number of likely N-dealkylation sites (tertiary alicyclic amines) is 1. The molecular formula is C14H17N3O3S. The molecule has 3 heterocycles. The fourth-order valence-corrected chi connectivity index (χ4v) is 3.45. The number of ether oxygens (including phenoxy) is 1. The van der Waals surface area contributed by atoms with Gasteiger partial charge in [0.15, 0.2) is 4.96 Å². The average molecular weight is 307 g/mol. The minimum absolute atomic E-state index is 0.0594. The maximum Gasteiger partial charge on any atom is 0.328 e. The molecule has 1 aliphatic rings. The Morgan fingerprint density at radius 3 is 3.10 bits per heavy atom. The highest BCUT2D eigenvalue weighted by Crippen LogP contribution is 2.20. The fourth-order valence-electron chi connectivity index (χ4n) is 2.73. The van der Waals surface area contributed by atoms with Gasteiger partial charge in [-0.05, 0) is 19.3 Å². The van der Waals surface area contributed by atoms with Gasteiger partial charge in [-0.3, -0.25) is 9.20 Å². The molecule has 112 valence electrons. The van der Waals surface area contributed by atoms with Gasteiger partial charge in [0.05, 0.1) is 19.2 Å². The van der Waals surface area contributed by atoms with Crippen LogP contribution in [0, 0.1) is 0 Å². The quantitative estimate of drug-likeness (QED) is 0.806. The van der Waals surface area contributed by atoms with Gasteiger partial charge in [0.2, 0.25) is 5.91 Å². The Hall–Kier alpha value is -1.89. The number of esters is 1. The lowest BCUT2D eigenvalue weighted by molar-refractivity contribution is -0.154. The van der Waals surface area contributed by atoms with Crippen LogP contribution in [0.25, 0.3) is 4.96 Å².